The molecule has 3 heterocycles. The van der Waals surface area contributed by atoms with Gasteiger partial charge in [0.2, 0.25) is 5.88 Å². The monoisotopic (exact) mass is 381 g/mol. The first kappa shape index (κ1) is 16.3. The lowest BCUT2D eigenvalue weighted by Gasteiger charge is -2.22. The highest BCUT2D eigenvalue weighted by Crippen LogP contribution is 2.38. The lowest BCUT2D eigenvalue weighted by molar-refractivity contribution is 0.409. The molecule has 0 N–H and O–H groups in total. The number of fused-ring (bicyclic) bond motifs is 2. The third kappa shape index (κ3) is 2.77. The van der Waals surface area contributed by atoms with Crippen molar-refractivity contribution in [1.82, 2.24) is 14.6 Å². The Bertz CT molecular complexity index is 1240. The van der Waals surface area contributed by atoms with E-state index < -0.39 is 5.63 Å². The van der Waals surface area contributed by atoms with Crippen molar-refractivity contribution in [3.63, 3.8) is 0 Å². The lowest BCUT2D eigenvalue weighted by atomic mass is 9.83. The van der Waals surface area contributed by atoms with Crippen LogP contribution in [0.1, 0.15) is 36.4 Å². The SMILES string of the molecule is Cc1cc(=O)oc2cc(Oc3nccn4nc(C5CCC5)cc34)c(Cl)cc12. The van der Waals surface area contributed by atoms with Crippen LogP contribution in [0.4, 0.5) is 0 Å². The van der Waals surface area contributed by atoms with Crippen molar-refractivity contribution >= 4 is 28.1 Å². The van der Waals surface area contributed by atoms with Gasteiger partial charge < -0.3 is 9.15 Å². The van der Waals surface area contributed by atoms with Crippen molar-refractivity contribution < 1.29 is 9.15 Å². The van der Waals surface area contributed by atoms with Crippen LogP contribution in [0.5, 0.6) is 11.6 Å². The molecule has 1 aromatic carbocycles. The summed E-state index contributed by atoms with van der Waals surface area (Å²) in [6, 6.07) is 6.82. The summed E-state index contributed by atoms with van der Waals surface area (Å²) in [4.78, 5) is 16.0. The minimum atomic E-state index is -0.408. The number of rotatable bonds is 3. The number of nitrogens with zero attached hydrogens (tertiary/aromatic N) is 3. The fourth-order valence-corrected chi connectivity index (χ4v) is 3.60. The lowest BCUT2D eigenvalue weighted by Crippen LogP contribution is -2.09. The largest absolute Gasteiger partial charge is 0.435 e. The van der Waals surface area contributed by atoms with E-state index in [0.717, 1.165) is 22.2 Å². The molecular formula is C20H16ClN3O3. The van der Waals surface area contributed by atoms with Gasteiger partial charge in [-0.25, -0.2) is 14.3 Å². The molecule has 0 unspecified atom stereocenters. The molecule has 0 aliphatic heterocycles. The summed E-state index contributed by atoms with van der Waals surface area (Å²) in [5.41, 5.74) is 2.66. The molecule has 27 heavy (non-hydrogen) atoms. The first-order valence-corrected chi connectivity index (χ1v) is 9.22. The Morgan fingerprint density at radius 2 is 2.11 bits per heavy atom. The van der Waals surface area contributed by atoms with E-state index in [4.69, 9.17) is 20.8 Å². The van der Waals surface area contributed by atoms with E-state index in [1.165, 1.54) is 25.3 Å². The Kier molecular flexibility index (Phi) is 3.68. The molecule has 1 saturated carbocycles. The first-order valence-electron chi connectivity index (χ1n) is 8.84. The summed E-state index contributed by atoms with van der Waals surface area (Å²) in [7, 11) is 0. The van der Waals surface area contributed by atoms with Gasteiger partial charge in [0.05, 0.1) is 10.7 Å². The summed E-state index contributed by atoms with van der Waals surface area (Å²) in [5.74, 6) is 1.30. The molecule has 1 aliphatic carbocycles. The quantitative estimate of drug-likeness (QED) is 0.474. The van der Waals surface area contributed by atoms with E-state index in [1.807, 2.05) is 13.0 Å². The summed E-state index contributed by atoms with van der Waals surface area (Å²) in [5, 5.41) is 5.83. The zero-order chi connectivity index (χ0) is 18.5. The number of halogens is 1. The van der Waals surface area contributed by atoms with Gasteiger partial charge in [-0.1, -0.05) is 18.0 Å². The highest BCUT2D eigenvalue weighted by atomic mass is 35.5. The van der Waals surface area contributed by atoms with Gasteiger partial charge in [-0.2, -0.15) is 5.10 Å². The van der Waals surface area contributed by atoms with Crippen molar-refractivity contribution in [2.24, 2.45) is 0 Å². The summed E-state index contributed by atoms with van der Waals surface area (Å²) >= 11 is 6.41. The topological polar surface area (TPSA) is 69.6 Å². The number of benzene rings is 1. The maximum atomic E-state index is 11.7. The van der Waals surface area contributed by atoms with Gasteiger partial charge >= 0.3 is 5.63 Å². The molecule has 1 fully saturated rings. The second-order valence-electron chi connectivity index (χ2n) is 6.89. The number of aromatic nitrogens is 3. The molecule has 7 heteroatoms. The Morgan fingerprint density at radius 1 is 1.26 bits per heavy atom. The predicted octanol–water partition coefficient (Wildman–Crippen LogP) is 4.86. The van der Waals surface area contributed by atoms with Crippen LogP contribution in [0.25, 0.3) is 16.5 Å². The highest BCUT2D eigenvalue weighted by molar-refractivity contribution is 6.32. The fourth-order valence-electron chi connectivity index (χ4n) is 3.40. The highest BCUT2D eigenvalue weighted by Gasteiger charge is 2.23. The van der Waals surface area contributed by atoms with Crippen molar-refractivity contribution in [2.75, 3.05) is 0 Å². The van der Waals surface area contributed by atoms with Crippen LogP contribution in [0, 0.1) is 6.92 Å². The van der Waals surface area contributed by atoms with Crippen LogP contribution in [0.3, 0.4) is 0 Å². The second-order valence-corrected chi connectivity index (χ2v) is 7.30. The molecule has 1 aliphatic rings. The normalized spacial score (nSPS) is 14.6. The second kappa shape index (κ2) is 6.09. The van der Waals surface area contributed by atoms with Crippen LogP contribution >= 0.6 is 11.6 Å². The molecule has 0 amide bonds. The Labute approximate surface area is 159 Å². The van der Waals surface area contributed by atoms with Crippen LogP contribution < -0.4 is 10.4 Å². The van der Waals surface area contributed by atoms with E-state index in [-0.39, 0.29) is 0 Å². The van der Waals surface area contributed by atoms with Crippen molar-refractivity contribution in [1.29, 1.82) is 0 Å². The predicted molar refractivity (Wildman–Crippen MR) is 102 cm³/mol. The Hall–Kier alpha value is -2.86. The average Bonchev–Trinajstić information content (AvgIpc) is 2.99. The number of hydrogen-bond donors (Lipinski definition) is 0. The van der Waals surface area contributed by atoms with E-state index >= 15 is 0 Å². The maximum absolute atomic E-state index is 11.7. The summed E-state index contributed by atoms with van der Waals surface area (Å²) in [6.45, 7) is 1.84. The van der Waals surface area contributed by atoms with Gasteiger partial charge in [-0.3, -0.25) is 0 Å². The van der Waals surface area contributed by atoms with Crippen molar-refractivity contribution in [3.8, 4) is 11.6 Å². The minimum Gasteiger partial charge on any atom is -0.435 e. The molecule has 136 valence electrons. The maximum Gasteiger partial charge on any atom is 0.336 e. The number of ether oxygens (including phenoxy) is 1. The third-order valence-corrected chi connectivity index (χ3v) is 5.40. The number of hydrogen-bond acceptors (Lipinski definition) is 5. The van der Waals surface area contributed by atoms with E-state index in [9.17, 15) is 4.79 Å². The summed E-state index contributed by atoms with van der Waals surface area (Å²) in [6.07, 6.45) is 7.02. The summed E-state index contributed by atoms with van der Waals surface area (Å²) < 4.78 is 13.1. The third-order valence-electron chi connectivity index (χ3n) is 5.11. The molecule has 0 bridgehead atoms. The van der Waals surface area contributed by atoms with Crippen molar-refractivity contribution in [3.05, 3.63) is 63.4 Å². The van der Waals surface area contributed by atoms with Crippen LogP contribution in [0.15, 0.2) is 45.9 Å². The van der Waals surface area contributed by atoms with Gasteiger partial charge in [-0.05, 0) is 37.5 Å². The Morgan fingerprint density at radius 3 is 2.89 bits per heavy atom. The molecule has 3 aromatic heterocycles. The standard InChI is InChI=1S/C20H16ClN3O3/c1-11-7-19(25)26-17-10-18(14(21)8-13(11)17)27-20-16-9-15(12-3-2-4-12)23-24(16)6-5-22-20/h5-10,12H,2-4H2,1H3. The van der Waals surface area contributed by atoms with Crippen LogP contribution in [0.2, 0.25) is 5.02 Å². The van der Waals surface area contributed by atoms with Gasteiger partial charge in [0, 0.05) is 35.8 Å². The molecule has 0 atom stereocenters. The van der Waals surface area contributed by atoms with Gasteiger partial charge in [0.25, 0.3) is 0 Å². The fraction of sp³-hybridized carbons (Fsp3) is 0.250. The van der Waals surface area contributed by atoms with Crippen LogP contribution in [-0.2, 0) is 0 Å². The molecule has 6 nitrogen and oxygen atoms in total. The van der Waals surface area contributed by atoms with Crippen molar-refractivity contribution in [2.45, 2.75) is 32.1 Å². The van der Waals surface area contributed by atoms with Gasteiger partial charge in [0.15, 0.2) is 5.75 Å². The zero-order valence-electron chi connectivity index (χ0n) is 14.6. The molecule has 0 saturated heterocycles. The van der Waals surface area contributed by atoms with Gasteiger partial charge in [0.1, 0.15) is 11.1 Å². The zero-order valence-corrected chi connectivity index (χ0v) is 15.4. The van der Waals surface area contributed by atoms with E-state index in [1.54, 1.807) is 29.0 Å². The average molecular weight is 382 g/mol. The minimum absolute atomic E-state index is 0.380. The molecule has 4 aromatic rings. The molecule has 5 rings (SSSR count). The number of aryl methyl sites for hydroxylation is 1. The Balaban J connectivity index is 1.59. The van der Waals surface area contributed by atoms with Gasteiger partial charge in [-0.15, -0.1) is 0 Å². The first-order chi connectivity index (χ1) is 13.1. The smallest absolute Gasteiger partial charge is 0.336 e. The molecule has 0 spiro atoms. The molecule has 0 radical (unpaired) electrons. The van der Waals surface area contributed by atoms with Crippen LogP contribution in [-0.4, -0.2) is 14.6 Å². The molecular weight excluding hydrogens is 366 g/mol. The van der Waals surface area contributed by atoms with E-state index in [2.05, 4.69) is 10.1 Å². The van der Waals surface area contributed by atoms with E-state index in [0.29, 0.717) is 28.2 Å².